The molecule has 1 aromatic rings. The molecule has 1 aliphatic carbocycles. The van der Waals surface area contributed by atoms with Crippen LogP contribution < -0.4 is 5.32 Å². The van der Waals surface area contributed by atoms with Crippen molar-refractivity contribution in [3.63, 3.8) is 0 Å². The first-order valence-corrected chi connectivity index (χ1v) is 7.71. The summed E-state index contributed by atoms with van der Waals surface area (Å²) in [6.45, 7) is 12.6. The molecule has 1 saturated carbocycles. The van der Waals surface area contributed by atoms with Crippen LogP contribution in [0.15, 0.2) is 24.3 Å². The first-order chi connectivity index (χ1) is 8.87. The predicted octanol–water partition coefficient (Wildman–Crippen LogP) is 4.82. The van der Waals surface area contributed by atoms with Crippen molar-refractivity contribution in [1.29, 1.82) is 0 Å². The lowest BCUT2D eigenvalue weighted by Crippen LogP contribution is -2.28. The van der Waals surface area contributed by atoms with Gasteiger partial charge in [0.15, 0.2) is 0 Å². The van der Waals surface area contributed by atoms with Crippen LogP contribution in [0.4, 0.5) is 0 Å². The van der Waals surface area contributed by atoms with Crippen LogP contribution in [0.2, 0.25) is 0 Å². The van der Waals surface area contributed by atoms with Gasteiger partial charge in [0.2, 0.25) is 0 Å². The number of benzene rings is 1. The maximum absolute atomic E-state index is 3.75. The van der Waals surface area contributed by atoms with E-state index in [2.05, 4.69) is 64.2 Å². The van der Waals surface area contributed by atoms with Crippen LogP contribution in [0.5, 0.6) is 0 Å². The molecule has 0 spiro atoms. The van der Waals surface area contributed by atoms with Crippen molar-refractivity contribution >= 4 is 0 Å². The maximum atomic E-state index is 3.75. The van der Waals surface area contributed by atoms with Gasteiger partial charge in [-0.2, -0.15) is 0 Å². The zero-order valence-electron chi connectivity index (χ0n) is 13.2. The molecule has 0 amide bonds. The fraction of sp³-hybridized carbons (Fsp3) is 0.667. The second-order valence-corrected chi connectivity index (χ2v) is 7.41. The Morgan fingerprint density at radius 2 is 1.74 bits per heavy atom. The molecule has 1 fully saturated rings. The van der Waals surface area contributed by atoms with E-state index < -0.39 is 0 Å². The topological polar surface area (TPSA) is 12.0 Å². The molecule has 1 unspecified atom stereocenters. The molecule has 0 aromatic heterocycles. The monoisotopic (exact) mass is 259 g/mol. The van der Waals surface area contributed by atoms with E-state index in [1.807, 2.05) is 0 Å². The van der Waals surface area contributed by atoms with Crippen LogP contribution in [-0.4, -0.2) is 6.54 Å². The molecule has 2 rings (SSSR count). The van der Waals surface area contributed by atoms with Gasteiger partial charge in [-0.05, 0) is 47.8 Å². The van der Waals surface area contributed by atoms with Gasteiger partial charge >= 0.3 is 0 Å². The van der Waals surface area contributed by atoms with Crippen molar-refractivity contribution in [2.45, 2.75) is 65.3 Å². The second kappa shape index (κ2) is 5.28. The van der Waals surface area contributed by atoms with Crippen molar-refractivity contribution in [1.82, 2.24) is 5.32 Å². The molecule has 0 radical (unpaired) electrons. The molecule has 0 aliphatic heterocycles. The van der Waals surface area contributed by atoms with Gasteiger partial charge in [-0.25, -0.2) is 0 Å². The van der Waals surface area contributed by atoms with E-state index in [0.717, 1.165) is 6.54 Å². The summed E-state index contributed by atoms with van der Waals surface area (Å²) in [5.74, 6) is 0. The molecule has 0 saturated heterocycles. The van der Waals surface area contributed by atoms with Crippen molar-refractivity contribution in [3.05, 3.63) is 35.4 Å². The quantitative estimate of drug-likeness (QED) is 0.799. The Morgan fingerprint density at radius 1 is 1.16 bits per heavy atom. The predicted molar refractivity (Wildman–Crippen MR) is 83.5 cm³/mol. The minimum atomic E-state index is 0.244. The summed E-state index contributed by atoms with van der Waals surface area (Å²) in [6, 6.07) is 9.81. The van der Waals surface area contributed by atoms with Gasteiger partial charge in [-0.1, -0.05) is 58.9 Å². The van der Waals surface area contributed by atoms with E-state index in [4.69, 9.17) is 0 Å². The molecule has 0 heterocycles. The highest BCUT2D eigenvalue weighted by Gasteiger charge is 2.45. The molecule has 1 heteroatoms. The molecule has 1 atom stereocenters. The fourth-order valence-corrected chi connectivity index (χ4v) is 2.72. The molecule has 1 aromatic carbocycles. The van der Waals surface area contributed by atoms with Crippen LogP contribution in [0, 0.1) is 5.41 Å². The summed E-state index contributed by atoms with van der Waals surface area (Å²) in [5, 5.41) is 3.75. The third-order valence-corrected chi connectivity index (χ3v) is 4.44. The maximum Gasteiger partial charge on any atom is 0.0374 e. The van der Waals surface area contributed by atoms with E-state index in [1.165, 1.54) is 30.4 Å². The Labute approximate surface area is 118 Å². The van der Waals surface area contributed by atoms with Crippen molar-refractivity contribution < 1.29 is 0 Å². The summed E-state index contributed by atoms with van der Waals surface area (Å²) in [5.41, 5.74) is 3.61. The molecule has 1 N–H and O–H groups in total. The zero-order chi connectivity index (χ0) is 14.1. The highest BCUT2D eigenvalue weighted by atomic mass is 14.9. The van der Waals surface area contributed by atoms with E-state index in [1.54, 1.807) is 0 Å². The molecular weight excluding hydrogens is 230 g/mol. The number of hydrogen-bond donors (Lipinski definition) is 1. The van der Waals surface area contributed by atoms with E-state index >= 15 is 0 Å². The Hall–Kier alpha value is -0.820. The highest BCUT2D eigenvalue weighted by Crippen LogP contribution is 2.54. The first kappa shape index (κ1) is 14.6. The molecular formula is C18H29N. The lowest BCUT2D eigenvalue weighted by Gasteiger charge is -2.27. The van der Waals surface area contributed by atoms with Crippen LogP contribution in [0.25, 0.3) is 0 Å². The third kappa shape index (κ3) is 3.39. The van der Waals surface area contributed by atoms with Crippen molar-refractivity contribution in [2.75, 3.05) is 6.54 Å². The average Bonchev–Trinajstić information content (AvgIpc) is 3.08. The van der Waals surface area contributed by atoms with Gasteiger partial charge in [0.25, 0.3) is 0 Å². The Balaban J connectivity index is 2.18. The molecule has 19 heavy (non-hydrogen) atoms. The molecule has 1 aliphatic rings. The standard InChI is InChI=1S/C18H29N/c1-6-13-19-16(18(5)11-12-18)14-7-9-15(10-8-14)17(2,3)4/h7-10,16,19H,6,11-13H2,1-5H3. The molecule has 0 bridgehead atoms. The molecule has 106 valence electrons. The SMILES string of the molecule is CCCNC(c1ccc(C(C)(C)C)cc1)C1(C)CC1. The van der Waals surface area contributed by atoms with Gasteiger partial charge in [0, 0.05) is 6.04 Å². The van der Waals surface area contributed by atoms with Gasteiger partial charge in [-0.3, -0.25) is 0 Å². The average molecular weight is 259 g/mol. The summed E-state index contributed by atoms with van der Waals surface area (Å²) < 4.78 is 0. The van der Waals surface area contributed by atoms with Crippen LogP contribution >= 0.6 is 0 Å². The van der Waals surface area contributed by atoms with E-state index in [9.17, 15) is 0 Å². The number of nitrogens with one attached hydrogen (secondary N) is 1. The minimum absolute atomic E-state index is 0.244. The van der Waals surface area contributed by atoms with Crippen LogP contribution in [-0.2, 0) is 5.41 Å². The van der Waals surface area contributed by atoms with Gasteiger partial charge in [0.1, 0.15) is 0 Å². The van der Waals surface area contributed by atoms with Crippen LogP contribution in [0.3, 0.4) is 0 Å². The second-order valence-electron chi connectivity index (χ2n) is 7.41. The first-order valence-electron chi connectivity index (χ1n) is 7.71. The largest absolute Gasteiger partial charge is 0.309 e. The number of hydrogen-bond acceptors (Lipinski definition) is 1. The Morgan fingerprint density at radius 3 is 2.16 bits per heavy atom. The van der Waals surface area contributed by atoms with Gasteiger partial charge in [-0.15, -0.1) is 0 Å². The van der Waals surface area contributed by atoms with E-state index in [0.29, 0.717) is 11.5 Å². The highest BCUT2D eigenvalue weighted by molar-refractivity contribution is 5.31. The van der Waals surface area contributed by atoms with Gasteiger partial charge in [0.05, 0.1) is 0 Å². The Kier molecular flexibility index (Phi) is 4.06. The summed E-state index contributed by atoms with van der Waals surface area (Å²) >= 11 is 0. The lowest BCUT2D eigenvalue weighted by molar-refractivity contribution is 0.366. The Bertz CT molecular complexity index is 406. The fourth-order valence-electron chi connectivity index (χ4n) is 2.72. The smallest absolute Gasteiger partial charge is 0.0374 e. The third-order valence-electron chi connectivity index (χ3n) is 4.44. The summed E-state index contributed by atoms with van der Waals surface area (Å²) in [4.78, 5) is 0. The summed E-state index contributed by atoms with van der Waals surface area (Å²) in [7, 11) is 0. The summed E-state index contributed by atoms with van der Waals surface area (Å²) in [6.07, 6.45) is 3.91. The normalized spacial score (nSPS) is 19.2. The van der Waals surface area contributed by atoms with E-state index in [-0.39, 0.29) is 5.41 Å². The van der Waals surface area contributed by atoms with Crippen LogP contribution in [0.1, 0.15) is 71.0 Å². The minimum Gasteiger partial charge on any atom is -0.309 e. The molecule has 1 nitrogen and oxygen atoms in total. The zero-order valence-corrected chi connectivity index (χ0v) is 13.2. The lowest BCUT2D eigenvalue weighted by atomic mass is 9.84. The van der Waals surface area contributed by atoms with Gasteiger partial charge < -0.3 is 5.32 Å². The number of rotatable bonds is 5. The van der Waals surface area contributed by atoms with Crippen molar-refractivity contribution in [2.24, 2.45) is 5.41 Å². The van der Waals surface area contributed by atoms with Crippen molar-refractivity contribution in [3.8, 4) is 0 Å².